The molecule has 3 heteroatoms. The maximum Gasteiger partial charge on any atom is 0.0525 e. The second kappa shape index (κ2) is 3.14. The van der Waals surface area contributed by atoms with Gasteiger partial charge in [-0.25, -0.2) is 0 Å². The maximum atomic E-state index is 5.77. The van der Waals surface area contributed by atoms with Crippen molar-refractivity contribution in [3.8, 4) is 0 Å². The Kier molecular flexibility index (Phi) is 2.12. The zero-order valence-corrected chi connectivity index (χ0v) is 8.27. The van der Waals surface area contributed by atoms with Gasteiger partial charge in [-0.05, 0) is 17.9 Å². The van der Waals surface area contributed by atoms with Gasteiger partial charge in [-0.15, -0.1) is 0 Å². The van der Waals surface area contributed by atoms with Gasteiger partial charge in [0.05, 0.1) is 6.20 Å². The molecule has 0 bridgehead atoms. The summed E-state index contributed by atoms with van der Waals surface area (Å²) >= 11 is 0. The Balaban J connectivity index is 2.01. The van der Waals surface area contributed by atoms with Crippen molar-refractivity contribution in [3.63, 3.8) is 0 Å². The van der Waals surface area contributed by atoms with E-state index >= 15 is 0 Å². The normalized spacial score (nSPS) is 26.8. The Bertz CT molecular complexity index is 290. The summed E-state index contributed by atoms with van der Waals surface area (Å²) in [5.41, 5.74) is 7.09. The fraction of sp³-hybridized carbons (Fsp3) is 0.700. The third-order valence-electron chi connectivity index (χ3n) is 2.47. The van der Waals surface area contributed by atoms with Crippen molar-refractivity contribution < 1.29 is 0 Å². The minimum atomic E-state index is 0.386. The number of rotatable bonds is 3. The van der Waals surface area contributed by atoms with Crippen molar-refractivity contribution in [1.82, 2.24) is 9.78 Å². The van der Waals surface area contributed by atoms with Gasteiger partial charge < -0.3 is 5.73 Å². The lowest BCUT2D eigenvalue weighted by Gasteiger charge is -2.03. The van der Waals surface area contributed by atoms with E-state index in [2.05, 4.69) is 25.1 Å². The molecule has 2 rings (SSSR count). The van der Waals surface area contributed by atoms with Crippen LogP contribution in [0.3, 0.4) is 0 Å². The first kappa shape index (κ1) is 8.75. The molecule has 1 aliphatic carbocycles. The van der Waals surface area contributed by atoms with E-state index in [0.717, 1.165) is 13.0 Å². The summed E-state index contributed by atoms with van der Waals surface area (Å²) in [6, 6.07) is 0.386. The lowest BCUT2D eigenvalue weighted by Crippen LogP contribution is -2.04. The first-order valence-electron chi connectivity index (χ1n) is 4.94. The van der Waals surface area contributed by atoms with Crippen molar-refractivity contribution >= 4 is 0 Å². The molecule has 13 heavy (non-hydrogen) atoms. The number of hydrogen-bond acceptors (Lipinski definition) is 2. The van der Waals surface area contributed by atoms with Crippen molar-refractivity contribution in [1.29, 1.82) is 0 Å². The minimum Gasteiger partial charge on any atom is -0.327 e. The summed E-state index contributed by atoms with van der Waals surface area (Å²) in [7, 11) is 0. The molecule has 1 aliphatic rings. The molecule has 1 fully saturated rings. The van der Waals surface area contributed by atoms with E-state index in [1.807, 2.05) is 10.9 Å². The number of hydrogen-bond donors (Lipinski definition) is 1. The van der Waals surface area contributed by atoms with Crippen molar-refractivity contribution in [2.24, 2.45) is 11.7 Å². The van der Waals surface area contributed by atoms with Crippen LogP contribution in [0.25, 0.3) is 0 Å². The highest BCUT2D eigenvalue weighted by molar-refractivity contribution is 5.22. The lowest BCUT2D eigenvalue weighted by atomic mass is 10.2. The fourth-order valence-corrected chi connectivity index (χ4v) is 1.64. The molecule has 1 heterocycles. The molecular formula is C10H17N3. The quantitative estimate of drug-likeness (QED) is 0.761. The first-order valence-corrected chi connectivity index (χ1v) is 4.94. The molecule has 1 aromatic rings. The smallest absolute Gasteiger partial charge is 0.0525 e. The summed E-state index contributed by atoms with van der Waals surface area (Å²) in [6.07, 6.45) is 5.23. The Morgan fingerprint density at radius 1 is 1.69 bits per heavy atom. The average Bonchev–Trinajstić information content (AvgIpc) is 2.60. The highest BCUT2D eigenvalue weighted by Gasteiger charge is 2.35. The molecule has 1 saturated carbocycles. The maximum absolute atomic E-state index is 5.77. The van der Waals surface area contributed by atoms with Crippen LogP contribution in [0.4, 0.5) is 0 Å². The van der Waals surface area contributed by atoms with Crippen molar-refractivity contribution in [3.05, 3.63) is 18.0 Å². The van der Waals surface area contributed by atoms with Crippen LogP contribution in [0, 0.1) is 5.92 Å². The number of nitrogens with zero attached hydrogens (tertiary/aromatic N) is 2. The molecule has 72 valence electrons. The van der Waals surface area contributed by atoms with Crippen LogP contribution < -0.4 is 5.73 Å². The molecule has 3 nitrogen and oxygen atoms in total. The molecule has 0 aromatic carbocycles. The molecule has 0 radical (unpaired) electrons. The largest absolute Gasteiger partial charge is 0.327 e. The van der Waals surface area contributed by atoms with Crippen LogP contribution >= 0.6 is 0 Å². The zero-order chi connectivity index (χ0) is 9.42. The second-order valence-corrected chi connectivity index (χ2v) is 4.40. The predicted molar refractivity (Wildman–Crippen MR) is 52.4 cm³/mol. The summed E-state index contributed by atoms with van der Waals surface area (Å²) in [4.78, 5) is 0. The Hall–Kier alpha value is -0.830. The van der Waals surface area contributed by atoms with Crippen LogP contribution in [0.15, 0.2) is 12.4 Å². The molecule has 0 unspecified atom stereocenters. The van der Waals surface area contributed by atoms with E-state index in [-0.39, 0.29) is 0 Å². The summed E-state index contributed by atoms with van der Waals surface area (Å²) in [5, 5.41) is 4.31. The topological polar surface area (TPSA) is 43.8 Å². The molecular weight excluding hydrogens is 162 g/mol. The Morgan fingerprint density at radius 3 is 2.92 bits per heavy atom. The van der Waals surface area contributed by atoms with E-state index in [4.69, 9.17) is 5.73 Å². The number of nitrogens with two attached hydrogens (primary N) is 1. The van der Waals surface area contributed by atoms with E-state index in [0.29, 0.717) is 17.9 Å². The first-order chi connectivity index (χ1) is 6.16. The van der Waals surface area contributed by atoms with Crippen molar-refractivity contribution in [2.45, 2.75) is 38.8 Å². The zero-order valence-electron chi connectivity index (χ0n) is 8.27. The average molecular weight is 179 g/mol. The second-order valence-electron chi connectivity index (χ2n) is 4.40. The van der Waals surface area contributed by atoms with E-state index in [9.17, 15) is 0 Å². The van der Waals surface area contributed by atoms with Crippen LogP contribution in [0.5, 0.6) is 0 Å². The Morgan fingerprint density at radius 2 is 2.38 bits per heavy atom. The van der Waals surface area contributed by atoms with Crippen LogP contribution in [-0.4, -0.2) is 15.8 Å². The SMILES string of the molecule is CC(C)Cn1cc([C@H]2C[C@H]2N)cn1. The summed E-state index contributed by atoms with van der Waals surface area (Å²) in [6.45, 7) is 5.40. The van der Waals surface area contributed by atoms with Crippen LogP contribution in [-0.2, 0) is 6.54 Å². The molecule has 0 saturated heterocycles. The molecule has 0 spiro atoms. The van der Waals surface area contributed by atoms with Gasteiger partial charge in [-0.1, -0.05) is 13.8 Å². The van der Waals surface area contributed by atoms with E-state index in [1.54, 1.807) is 0 Å². The van der Waals surface area contributed by atoms with Gasteiger partial charge >= 0.3 is 0 Å². The summed E-state index contributed by atoms with van der Waals surface area (Å²) < 4.78 is 2.02. The van der Waals surface area contributed by atoms with E-state index in [1.165, 1.54) is 5.56 Å². The molecule has 2 atom stereocenters. The molecule has 1 aromatic heterocycles. The van der Waals surface area contributed by atoms with Crippen molar-refractivity contribution in [2.75, 3.05) is 0 Å². The minimum absolute atomic E-state index is 0.386. The van der Waals surface area contributed by atoms with E-state index < -0.39 is 0 Å². The summed E-state index contributed by atoms with van der Waals surface area (Å²) in [5.74, 6) is 1.24. The van der Waals surface area contributed by atoms with Gasteiger partial charge in [-0.2, -0.15) is 5.10 Å². The third-order valence-corrected chi connectivity index (χ3v) is 2.47. The van der Waals surface area contributed by atoms with Gasteiger partial charge in [0.15, 0.2) is 0 Å². The highest BCUT2D eigenvalue weighted by Crippen LogP contribution is 2.38. The Labute approximate surface area is 78.9 Å². The molecule has 0 aliphatic heterocycles. The third kappa shape index (κ3) is 1.91. The van der Waals surface area contributed by atoms with Gasteiger partial charge in [-0.3, -0.25) is 4.68 Å². The van der Waals surface area contributed by atoms with Gasteiger partial charge in [0.25, 0.3) is 0 Å². The van der Waals surface area contributed by atoms with Gasteiger partial charge in [0.2, 0.25) is 0 Å². The van der Waals surface area contributed by atoms with Gasteiger partial charge in [0, 0.05) is 24.7 Å². The van der Waals surface area contributed by atoms with Gasteiger partial charge in [0.1, 0.15) is 0 Å². The lowest BCUT2D eigenvalue weighted by molar-refractivity contribution is 0.483. The molecule has 2 N–H and O–H groups in total. The monoisotopic (exact) mass is 179 g/mol. The fourth-order valence-electron chi connectivity index (χ4n) is 1.64. The number of aromatic nitrogens is 2. The highest BCUT2D eigenvalue weighted by atomic mass is 15.3. The molecule has 0 amide bonds. The van der Waals surface area contributed by atoms with Crippen LogP contribution in [0.1, 0.15) is 31.7 Å². The predicted octanol–water partition coefficient (Wildman–Crippen LogP) is 1.35. The standard InChI is InChI=1S/C10H17N3/c1-7(2)5-13-6-8(4-12-13)9-3-10(9)11/h4,6-7,9-10H,3,5,11H2,1-2H3/t9-,10-/m1/s1. The van der Waals surface area contributed by atoms with Crippen LogP contribution in [0.2, 0.25) is 0 Å².